The molecule has 0 unspecified atom stereocenters. The van der Waals surface area contributed by atoms with E-state index in [1.165, 1.54) is 13.1 Å². The van der Waals surface area contributed by atoms with E-state index in [1.54, 1.807) is 12.1 Å². The van der Waals surface area contributed by atoms with Gasteiger partial charge in [0.1, 0.15) is 0 Å². The quantitative estimate of drug-likeness (QED) is 0.426. The van der Waals surface area contributed by atoms with Crippen LogP contribution in [0.25, 0.3) is 0 Å². The van der Waals surface area contributed by atoms with Gasteiger partial charge in [-0.1, -0.05) is 11.2 Å². The fourth-order valence-corrected chi connectivity index (χ4v) is 1.12. The van der Waals surface area contributed by atoms with Gasteiger partial charge in [0.05, 0.1) is 6.21 Å². The molecule has 0 saturated heterocycles. The average Bonchev–Trinajstić information content (AvgIpc) is 2.10. The molecule has 2 N–H and O–H groups in total. The average molecular weight is 192 g/mol. The molecule has 0 fully saturated rings. The molecule has 1 amide bonds. The van der Waals surface area contributed by atoms with Crippen LogP contribution in [0, 0.1) is 6.92 Å². The van der Waals surface area contributed by atoms with Crippen molar-refractivity contribution in [1.29, 1.82) is 0 Å². The van der Waals surface area contributed by atoms with Gasteiger partial charge in [-0.3, -0.25) is 4.79 Å². The third kappa shape index (κ3) is 2.58. The minimum absolute atomic E-state index is 0.124. The summed E-state index contributed by atoms with van der Waals surface area (Å²) in [6.07, 6.45) is 1.33. The number of carbonyl (C=O) groups excluding carboxylic acids is 1. The van der Waals surface area contributed by atoms with Crippen LogP contribution in [0.1, 0.15) is 18.1 Å². The summed E-state index contributed by atoms with van der Waals surface area (Å²) in [7, 11) is 0. The van der Waals surface area contributed by atoms with Crippen LogP contribution in [0.4, 0.5) is 5.69 Å². The Bertz CT molecular complexity index is 372. The standard InChI is InChI=1S/C10H12N2O2/c1-7-3-4-10(12-8(2)13)5-9(7)6-11-14/h3-6,14H,1-2H3,(H,12,13)/b11-6+. The van der Waals surface area contributed by atoms with E-state index in [1.807, 2.05) is 13.0 Å². The molecule has 0 aliphatic rings. The number of benzene rings is 1. The first kappa shape index (κ1) is 10.2. The van der Waals surface area contributed by atoms with Crippen LogP contribution < -0.4 is 5.32 Å². The number of hydrogen-bond acceptors (Lipinski definition) is 3. The Labute approximate surface area is 82.2 Å². The van der Waals surface area contributed by atoms with E-state index in [2.05, 4.69) is 10.5 Å². The summed E-state index contributed by atoms with van der Waals surface area (Å²) in [6, 6.07) is 5.39. The van der Waals surface area contributed by atoms with Crippen LogP contribution in [0.15, 0.2) is 23.4 Å². The number of nitrogens with zero attached hydrogens (tertiary/aromatic N) is 1. The molecule has 4 nitrogen and oxygen atoms in total. The van der Waals surface area contributed by atoms with Crippen LogP contribution in [0.5, 0.6) is 0 Å². The molecular weight excluding hydrogens is 180 g/mol. The normalized spacial score (nSPS) is 10.4. The fraction of sp³-hybridized carbons (Fsp3) is 0.200. The van der Waals surface area contributed by atoms with E-state index in [0.29, 0.717) is 5.69 Å². The summed E-state index contributed by atoms with van der Waals surface area (Å²) < 4.78 is 0. The molecule has 14 heavy (non-hydrogen) atoms. The molecule has 1 aromatic rings. The van der Waals surface area contributed by atoms with Crippen LogP contribution >= 0.6 is 0 Å². The van der Waals surface area contributed by atoms with Crippen molar-refractivity contribution >= 4 is 17.8 Å². The number of anilines is 1. The third-order valence-electron chi connectivity index (χ3n) is 1.80. The Balaban J connectivity index is 3.00. The molecule has 0 bridgehead atoms. The third-order valence-corrected chi connectivity index (χ3v) is 1.80. The van der Waals surface area contributed by atoms with Crippen molar-refractivity contribution < 1.29 is 10.0 Å². The summed E-state index contributed by atoms with van der Waals surface area (Å²) in [5, 5.41) is 14.0. The van der Waals surface area contributed by atoms with Crippen molar-refractivity contribution in [1.82, 2.24) is 0 Å². The Morgan fingerprint density at radius 1 is 1.57 bits per heavy atom. The highest BCUT2D eigenvalue weighted by Gasteiger charge is 1.99. The van der Waals surface area contributed by atoms with Crippen molar-refractivity contribution in [3.63, 3.8) is 0 Å². The first-order chi connectivity index (χ1) is 6.63. The van der Waals surface area contributed by atoms with E-state index in [9.17, 15) is 4.79 Å². The van der Waals surface area contributed by atoms with Gasteiger partial charge in [-0.15, -0.1) is 0 Å². The second-order valence-corrected chi connectivity index (χ2v) is 3.00. The summed E-state index contributed by atoms with van der Waals surface area (Å²) in [5.74, 6) is -0.124. The van der Waals surface area contributed by atoms with Gasteiger partial charge in [0.25, 0.3) is 0 Å². The highest BCUT2D eigenvalue weighted by molar-refractivity contribution is 5.91. The maximum Gasteiger partial charge on any atom is 0.221 e. The van der Waals surface area contributed by atoms with Crippen molar-refractivity contribution in [3.05, 3.63) is 29.3 Å². The molecular formula is C10H12N2O2. The van der Waals surface area contributed by atoms with Gasteiger partial charge in [0, 0.05) is 18.2 Å². The number of nitrogens with one attached hydrogen (secondary N) is 1. The van der Waals surface area contributed by atoms with E-state index < -0.39 is 0 Å². The fourth-order valence-electron chi connectivity index (χ4n) is 1.12. The molecule has 74 valence electrons. The Morgan fingerprint density at radius 3 is 2.86 bits per heavy atom. The smallest absolute Gasteiger partial charge is 0.221 e. The first-order valence-corrected chi connectivity index (χ1v) is 4.19. The lowest BCUT2D eigenvalue weighted by atomic mass is 10.1. The predicted octanol–water partition coefficient (Wildman–Crippen LogP) is 1.76. The van der Waals surface area contributed by atoms with Gasteiger partial charge in [-0.05, 0) is 24.6 Å². The molecule has 1 rings (SSSR count). The summed E-state index contributed by atoms with van der Waals surface area (Å²) in [5.41, 5.74) is 2.45. The lowest BCUT2D eigenvalue weighted by Gasteiger charge is -2.04. The molecule has 4 heteroatoms. The van der Waals surface area contributed by atoms with Gasteiger partial charge >= 0.3 is 0 Å². The molecule has 0 aromatic heterocycles. The van der Waals surface area contributed by atoms with Crippen molar-refractivity contribution in [2.75, 3.05) is 5.32 Å². The summed E-state index contributed by atoms with van der Waals surface area (Å²) >= 11 is 0. The zero-order chi connectivity index (χ0) is 10.6. The van der Waals surface area contributed by atoms with Gasteiger partial charge in [0.15, 0.2) is 0 Å². The molecule has 1 aromatic carbocycles. The van der Waals surface area contributed by atoms with E-state index in [0.717, 1.165) is 11.1 Å². The lowest BCUT2D eigenvalue weighted by molar-refractivity contribution is -0.114. The molecule has 0 atom stereocenters. The topological polar surface area (TPSA) is 61.7 Å². The Kier molecular flexibility index (Phi) is 3.23. The molecule has 0 heterocycles. The highest BCUT2D eigenvalue weighted by Crippen LogP contribution is 2.13. The molecule has 0 saturated carbocycles. The predicted molar refractivity (Wildman–Crippen MR) is 54.9 cm³/mol. The second-order valence-electron chi connectivity index (χ2n) is 3.00. The zero-order valence-electron chi connectivity index (χ0n) is 8.11. The number of rotatable bonds is 2. The maximum absolute atomic E-state index is 10.8. The maximum atomic E-state index is 10.8. The Hall–Kier alpha value is -1.84. The number of hydrogen-bond donors (Lipinski definition) is 2. The summed E-state index contributed by atoms with van der Waals surface area (Å²) in [6.45, 7) is 3.34. The van der Waals surface area contributed by atoms with E-state index >= 15 is 0 Å². The van der Waals surface area contributed by atoms with Crippen LogP contribution in [0.2, 0.25) is 0 Å². The van der Waals surface area contributed by atoms with Gasteiger partial charge < -0.3 is 10.5 Å². The number of oxime groups is 1. The van der Waals surface area contributed by atoms with Crippen molar-refractivity contribution in [2.45, 2.75) is 13.8 Å². The number of aryl methyl sites for hydroxylation is 1. The van der Waals surface area contributed by atoms with Crippen LogP contribution in [0.3, 0.4) is 0 Å². The minimum atomic E-state index is -0.124. The highest BCUT2D eigenvalue weighted by atomic mass is 16.4. The van der Waals surface area contributed by atoms with E-state index in [-0.39, 0.29) is 5.91 Å². The molecule has 0 radical (unpaired) electrons. The van der Waals surface area contributed by atoms with Crippen molar-refractivity contribution in [2.24, 2.45) is 5.16 Å². The molecule has 0 aliphatic heterocycles. The lowest BCUT2D eigenvalue weighted by Crippen LogP contribution is -2.06. The molecule has 0 aliphatic carbocycles. The minimum Gasteiger partial charge on any atom is -0.411 e. The number of carbonyl (C=O) groups is 1. The SMILES string of the molecule is CC(=O)Nc1ccc(C)c(/C=N/O)c1. The Morgan fingerprint density at radius 2 is 2.29 bits per heavy atom. The monoisotopic (exact) mass is 192 g/mol. The van der Waals surface area contributed by atoms with Gasteiger partial charge in [-0.2, -0.15) is 0 Å². The van der Waals surface area contributed by atoms with Crippen LogP contribution in [-0.2, 0) is 4.79 Å². The number of amides is 1. The van der Waals surface area contributed by atoms with Gasteiger partial charge in [-0.25, -0.2) is 0 Å². The van der Waals surface area contributed by atoms with E-state index in [4.69, 9.17) is 5.21 Å². The van der Waals surface area contributed by atoms with Crippen molar-refractivity contribution in [3.8, 4) is 0 Å². The van der Waals surface area contributed by atoms with Crippen LogP contribution in [-0.4, -0.2) is 17.3 Å². The largest absolute Gasteiger partial charge is 0.411 e. The first-order valence-electron chi connectivity index (χ1n) is 4.19. The summed E-state index contributed by atoms with van der Waals surface area (Å²) in [4.78, 5) is 10.8. The second kappa shape index (κ2) is 4.41. The molecule has 0 spiro atoms. The van der Waals surface area contributed by atoms with Gasteiger partial charge in [0.2, 0.25) is 5.91 Å². The zero-order valence-corrected chi connectivity index (χ0v) is 8.11.